The summed E-state index contributed by atoms with van der Waals surface area (Å²) in [5.41, 5.74) is 7.51. The highest BCUT2D eigenvalue weighted by Crippen LogP contribution is 2.32. The summed E-state index contributed by atoms with van der Waals surface area (Å²) in [6.07, 6.45) is 0.575. The van der Waals surface area contributed by atoms with Crippen molar-refractivity contribution in [3.05, 3.63) is 65.2 Å². The number of halogens is 4. The Morgan fingerprint density at radius 1 is 1.00 bits per heavy atom. The van der Waals surface area contributed by atoms with Crippen LogP contribution in [0.1, 0.15) is 5.56 Å². The highest BCUT2D eigenvalue weighted by Gasteiger charge is 2.30. The van der Waals surface area contributed by atoms with Crippen LogP contribution in [0.3, 0.4) is 0 Å². The van der Waals surface area contributed by atoms with Gasteiger partial charge < -0.3 is 5.73 Å². The van der Waals surface area contributed by atoms with E-state index < -0.39 is 11.7 Å². The van der Waals surface area contributed by atoms with Gasteiger partial charge in [-0.2, -0.15) is 18.2 Å². The van der Waals surface area contributed by atoms with Crippen molar-refractivity contribution < 1.29 is 13.2 Å². The maximum Gasteiger partial charge on any atom is 0.416 e. The van der Waals surface area contributed by atoms with E-state index >= 15 is 0 Å². The molecule has 0 aliphatic rings. The molecule has 4 aromatic rings. The Hall–Kier alpha value is -2.94. The quantitative estimate of drug-likeness (QED) is 0.460. The number of fused-ring (bicyclic) bond motifs is 1. The third-order valence-corrected chi connectivity index (χ3v) is 4.43. The number of nitrogens with zero attached hydrogens (tertiary/aromatic N) is 4. The highest BCUT2D eigenvalue weighted by atomic mass is 79.9. The van der Waals surface area contributed by atoms with E-state index in [1.807, 2.05) is 0 Å². The molecule has 0 unspecified atom stereocenters. The molecular weight excluding hydrogens is 423 g/mol. The fraction of sp³-hybridized carbons (Fsp3) is 0.0556. The monoisotopic (exact) mass is 433 g/mol. The van der Waals surface area contributed by atoms with Crippen LogP contribution in [0, 0.1) is 0 Å². The van der Waals surface area contributed by atoms with E-state index in [0.717, 1.165) is 17.7 Å². The lowest BCUT2D eigenvalue weighted by molar-refractivity contribution is -0.137. The number of pyridine rings is 1. The standard InChI is InChI=1S/C18H11BrF3N5/c19-15-7-10(4-5-24-15)13-8-27-9-14(25-17(27)26-16(13)23)11-2-1-3-12(6-11)18(20,21)22/h1-9H,(H2,23,25,26). The number of benzene rings is 1. The van der Waals surface area contributed by atoms with E-state index in [1.54, 1.807) is 41.2 Å². The molecular formula is C18H11BrF3N5. The van der Waals surface area contributed by atoms with E-state index in [1.165, 1.54) is 6.07 Å². The van der Waals surface area contributed by atoms with Crippen LogP contribution < -0.4 is 5.73 Å². The summed E-state index contributed by atoms with van der Waals surface area (Å²) in [5.74, 6) is 0.568. The Bertz CT molecular complexity index is 1150. The molecule has 3 heterocycles. The molecule has 9 heteroatoms. The topological polar surface area (TPSA) is 69.1 Å². The van der Waals surface area contributed by atoms with Crippen LogP contribution in [-0.2, 0) is 6.18 Å². The van der Waals surface area contributed by atoms with Crippen LogP contribution in [0.25, 0.3) is 28.2 Å². The Kier molecular flexibility index (Phi) is 4.11. The van der Waals surface area contributed by atoms with Gasteiger partial charge in [0.05, 0.1) is 11.3 Å². The molecule has 0 amide bonds. The average Bonchev–Trinajstić information content (AvgIpc) is 3.03. The van der Waals surface area contributed by atoms with E-state index in [4.69, 9.17) is 5.73 Å². The molecule has 0 aliphatic heterocycles. The molecule has 3 aromatic heterocycles. The van der Waals surface area contributed by atoms with Gasteiger partial charge in [0.2, 0.25) is 5.78 Å². The Balaban J connectivity index is 1.82. The van der Waals surface area contributed by atoms with Crippen molar-refractivity contribution in [2.75, 3.05) is 5.73 Å². The summed E-state index contributed by atoms with van der Waals surface area (Å²) in [6, 6.07) is 8.59. The molecule has 0 radical (unpaired) electrons. The van der Waals surface area contributed by atoms with E-state index in [0.29, 0.717) is 27.2 Å². The summed E-state index contributed by atoms with van der Waals surface area (Å²) in [7, 11) is 0. The van der Waals surface area contributed by atoms with Crippen molar-refractivity contribution in [1.29, 1.82) is 0 Å². The second kappa shape index (κ2) is 6.34. The third kappa shape index (κ3) is 3.37. The van der Waals surface area contributed by atoms with Crippen molar-refractivity contribution in [1.82, 2.24) is 19.4 Å². The van der Waals surface area contributed by atoms with Gasteiger partial charge in [0.25, 0.3) is 0 Å². The van der Waals surface area contributed by atoms with Crippen molar-refractivity contribution >= 4 is 27.5 Å². The minimum absolute atomic E-state index is 0.266. The van der Waals surface area contributed by atoms with Crippen molar-refractivity contribution in [3.63, 3.8) is 0 Å². The maximum absolute atomic E-state index is 13.0. The number of rotatable bonds is 2. The molecule has 0 bridgehead atoms. The fourth-order valence-electron chi connectivity index (χ4n) is 2.72. The zero-order valence-corrected chi connectivity index (χ0v) is 15.2. The largest absolute Gasteiger partial charge is 0.416 e. The van der Waals surface area contributed by atoms with E-state index in [-0.39, 0.29) is 5.82 Å². The molecule has 2 N–H and O–H groups in total. The minimum Gasteiger partial charge on any atom is -0.383 e. The molecule has 0 aliphatic carbocycles. The molecule has 0 fully saturated rings. The first-order valence-electron chi connectivity index (χ1n) is 7.76. The average molecular weight is 434 g/mol. The maximum atomic E-state index is 13.0. The number of imidazole rings is 1. The molecule has 27 heavy (non-hydrogen) atoms. The zero-order valence-electron chi connectivity index (χ0n) is 13.6. The lowest BCUT2D eigenvalue weighted by atomic mass is 10.1. The van der Waals surface area contributed by atoms with Crippen LogP contribution in [0.2, 0.25) is 0 Å². The van der Waals surface area contributed by atoms with Crippen LogP contribution in [0.4, 0.5) is 19.0 Å². The number of hydrogen-bond donors (Lipinski definition) is 1. The summed E-state index contributed by atoms with van der Waals surface area (Å²) >= 11 is 3.31. The summed E-state index contributed by atoms with van der Waals surface area (Å²) in [4.78, 5) is 12.6. The fourth-order valence-corrected chi connectivity index (χ4v) is 3.09. The molecule has 5 nitrogen and oxygen atoms in total. The number of alkyl halides is 3. The van der Waals surface area contributed by atoms with Gasteiger partial charge in [-0.1, -0.05) is 12.1 Å². The smallest absolute Gasteiger partial charge is 0.383 e. The van der Waals surface area contributed by atoms with Gasteiger partial charge in [-0.3, -0.25) is 4.40 Å². The molecule has 1 aromatic carbocycles. The number of nitrogen functional groups attached to an aromatic ring is 1. The van der Waals surface area contributed by atoms with Gasteiger partial charge in [-0.15, -0.1) is 0 Å². The lowest BCUT2D eigenvalue weighted by Crippen LogP contribution is -2.04. The van der Waals surface area contributed by atoms with Crippen LogP contribution in [-0.4, -0.2) is 19.4 Å². The normalized spacial score (nSPS) is 11.9. The van der Waals surface area contributed by atoms with E-state index in [9.17, 15) is 13.2 Å². The van der Waals surface area contributed by atoms with Gasteiger partial charge in [0.15, 0.2) is 0 Å². The van der Waals surface area contributed by atoms with Gasteiger partial charge in [-0.05, 0) is 45.8 Å². The predicted molar refractivity (Wildman–Crippen MR) is 98.8 cm³/mol. The summed E-state index contributed by atoms with van der Waals surface area (Å²) in [5, 5.41) is 0. The number of hydrogen-bond acceptors (Lipinski definition) is 4. The summed E-state index contributed by atoms with van der Waals surface area (Å²) in [6.45, 7) is 0. The van der Waals surface area contributed by atoms with Gasteiger partial charge in [-0.25, -0.2) is 9.97 Å². The Labute approximate surface area is 159 Å². The van der Waals surface area contributed by atoms with E-state index in [2.05, 4.69) is 30.9 Å². The first-order chi connectivity index (χ1) is 12.8. The van der Waals surface area contributed by atoms with Crippen LogP contribution >= 0.6 is 15.9 Å². The van der Waals surface area contributed by atoms with Gasteiger partial charge in [0, 0.05) is 29.7 Å². The van der Waals surface area contributed by atoms with Crippen LogP contribution in [0.15, 0.2) is 59.6 Å². The molecule has 136 valence electrons. The molecule has 4 rings (SSSR count). The first kappa shape index (κ1) is 17.5. The molecule has 0 atom stereocenters. The Morgan fingerprint density at radius 2 is 1.81 bits per heavy atom. The third-order valence-electron chi connectivity index (χ3n) is 4.00. The molecule has 0 spiro atoms. The number of aromatic nitrogens is 4. The SMILES string of the molecule is Nc1nc2nc(-c3cccc(C(F)(F)F)c3)cn2cc1-c1ccnc(Br)c1. The predicted octanol–water partition coefficient (Wildman–Crippen LogP) is 4.82. The van der Waals surface area contributed by atoms with Crippen molar-refractivity contribution in [2.24, 2.45) is 0 Å². The zero-order chi connectivity index (χ0) is 19.2. The van der Waals surface area contributed by atoms with Crippen LogP contribution in [0.5, 0.6) is 0 Å². The number of anilines is 1. The molecule has 0 saturated carbocycles. The Morgan fingerprint density at radius 3 is 2.56 bits per heavy atom. The van der Waals surface area contributed by atoms with Crippen molar-refractivity contribution in [3.8, 4) is 22.4 Å². The lowest BCUT2D eigenvalue weighted by Gasteiger charge is -2.07. The van der Waals surface area contributed by atoms with Gasteiger partial charge >= 0.3 is 6.18 Å². The second-order valence-corrected chi connectivity index (χ2v) is 6.63. The highest BCUT2D eigenvalue weighted by molar-refractivity contribution is 9.10. The van der Waals surface area contributed by atoms with Gasteiger partial charge in [0.1, 0.15) is 10.4 Å². The summed E-state index contributed by atoms with van der Waals surface area (Å²) < 4.78 is 41.1. The number of nitrogens with two attached hydrogens (primary N) is 1. The van der Waals surface area contributed by atoms with Crippen molar-refractivity contribution in [2.45, 2.75) is 6.18 Å². The first-order valence-corrected chi connectivity index (χ1v) is 8.55. The second-order valence-electron chi connectivity index (χ2n) is 5.82. The minimum atomic E-state index is -4.42. The molecule has 0 saturated heterocycles.